The Balaban J connectivity index is 2.24. The summed E-state index contributed by atoms with van der Waals surface area (Å²) in [5, 5.41) is 11.4. The summed E-state index contributed by atoms with van der Waals surface area (Å²) < 4.78 is 39.6. The third kappa shape index (κ3) is 2.90. The lowest BCUT2D eigenvalue weighted by Crippen LogP contribution is -2.09. The normalized spacial score (nSPS) is 10.3. The Kier molecular flexibility index (Phi) is 3.93. The molecule has 0 heterocycles. The van der Waals surface area contributed by atoms with Crippen LogP contribution in [-0.2, 0) is 6.54 Å². The number of anilines is 1. The van der Waals surface area contributed by atoms with E-state index in [1.54, 1.807) is 12.1 Å². The van der Waals surface area contributed by atoms with E-state index in [1.807, 2.05) is 0 Å². The molecule has 2 aromatic carbocycles. The van der Waals surface area contributed by atoms with E-state index in [4.69, 9.17) is 5.11 Å². The van der Waals surface area contributed by atoms with Gasteiger partial charge < -0.3 is 10.4 Å². The molecular weight excluding hydrogens is 271 g/mol. The third-order valence-electron chi connectivity index (χ3n) is 2.71. The zero-order chi connectivity index (χ0) is 14.7. The SMILES string of the molecule is O=C(O)c1ccccc1CNc1c(F)cc(F)cc1F. The highest BCUT2D eigenvalue weighted by molar-refractivity contribution is 5.89. The fourth-order valence-corrected chi connectivity index (χ4v) is 1.78. The molecule has 0 saturated carbocycles. The highest BCUT2D eigenvalue weighted by atomic mass is 19.1. The molecule has 0 aromatic heterocycles. The van der Waals surface area contributed by atoms with Crippen molar-refractivity contribution in [2.45, 2.75) is 6.54 Å². The highest BCUT2D eigenvalue weighted by Gasteiger charge is 2.13. The minimum atomic E-state index is -1.14. The Hall–Kier alpha value is -2.50. The molecule has 3 nitrogen and oxygen atoms in total. The van der Waals surface area contributed by atoms with E-state index in [9.17, 15) is 18.0 Å². The van der Waals surface area contributed by atoms with Crippen molar-refractivity contribution in [3.8, 4) is 0 Å². The molecule has 0 spiro atoms. The zero-order valence-corrected chi connectivity index (χ0v) is 10.2. The number of carbonyl (C=O) groups is 1. The van der Waals surface area contributed by atoms with Gasteiger partial charge in [-0.05, 0) is 11.6 Å². The van der Waals surface area contributed by atoms with Crippen LogP contribution in [-0.4, -0.2) is 11.1 Å². The van der Waals surface area contributed by atoms with Gasteiger partial charge in [0.2, 0.25) is 0 Å². The number of aromatic carboxylic acids is 1. The summed E-state index contributed by atoms with van der Waals surface area (Å²) in [6, 6.07) is 7.17. The Morgan fingerprint density at radius 2 is 1.70 bits per heavy atom. The highest BCUT2D eigenvalue weighted by Crippen LogP contribution is 2.21. The molecule has 0 aliphatic heterocycles. The maximum Gasteiger partial charge on any atom is 0.336 e. The summed E-state index contributed by atoms with van der Waals surface area (Å²) in [6.07, 6.45) is 0. The van der Waals surface area contributed by atoms with E-state index in [0.29, 0.717) is 17.7 Å². The predicted octanol–water partition coefficient (Wildman–Crippen LogP) is 3.41. The van der Waals surface area contributed by atoms with Crippen LogP contribution in [0.1, 0.15) is 15.9 Å². The van der Waals surface area contributed by atoms with Crippen molar-refractivity contribution in [3.05, 3.63) is 65.0 Å². The van der Waals surface area contributed by atoms with E-state index < -0.39 is 29.1 Å². The van der Waals surface area contributed by atoms with E-state index in [2.05, 4.69) is 5.32 Å². The van der Waals surface area contributed by atoms with Crippen LogP contribution in [0, 0.1) is 17.5 Å². The average molecular weight is 281 g/mol. The molecule has 0 unspecified atom stereocenters. The number of carboxylic acid groups (broad SMARTS) is 1. The molecule has 0 amide bonds. The van der Waals surface area contributed by atoms with Gasteiger partial charge in [-0.15, -0.1) is 0 Å². The molecule has 6 heteroatoms. The average Bonchev–Trinajstić information content (AvgIpc) is 2.37. The molecule has 0 bridgehead atoms. The second kappa shape index (κ2) is 5.64. The first-order valence-electron chi connectivity index (χ1n) is 5.68. The van der Waals surface area contributed by atoms with Gasteiger partial charge in [0.1, 0.15) is 11.5 Å². The molecule has 2 aromatic rings. The summed E-state index contributed by atoms with van der Waals surface area (Å²) in [6.45, 7) is -0.0953. The lowest BCUT2D eigenvalue weighted by Gasteiger charge is -2.10. The van der Waals surface area contributed by atoms with Crippen LogP contribution in [0.3, 0.4) is 0 Å². The lowest BCUT2D eigenvalue weighted by atomic mass is 10.1. The van der Waals surface area contributed by atoms with Crippen LogP contribution in [0.2, 0.25) is 0 Å². The first-order chi connectivity index (χ1) is 9.49. The molecule has 2 rings (SSSR count). The van der Waals surface area contributed by atoms with Gasteiger partial charge in [-0.2, -0.15) is 0 Å². The van der Waals surface area contributed by atoms with Crippen molar-refractivity contribution in [2.24, 2.45) is 0 Å². The van der Waals surface area contributed by atoms with Crippen molar-refractivity contribution in [2.75, 3.05) is 5.32 Å². The fourth-order valence-electron chi connectivity index (χ4n) is 1.78. The molecule has 0 aliphatic carbocycles. The molecule has 0 aliphatic rings. The van der Waals surface area contributed by atoms with E-state index in [1.165, 1.54) is 12.1 Å². The standard InChI is InChI=1S/C14H10F3NO2/c15-9-5-11(16)13(12(17)6-9)18-7-8-3-1-2-4-10(8)14(19)20/h1-6,18H,7H2,(H,19,20). The summed E-state index contributed by atoms with van der Waals surface area (Å²) in [7, 11) is 0. The Morgan fingerprint density at radius 3 is 2.30 bits per heavy atom. The van der Waals surface area contributed by atoms with Crippen LogP contribution in [0.4, 0.5) is 18.9 Å². The van der Waals surface area contributed by atoms with Crippen molar-refractivity contribution in [1.82, 2.24) is 0 Å². The molecular formula is C14H10F3NO2. The molecule has 2 N–H and O–H groups in total. The van der Waals surface area contributed by atoms with Gasteiger partial charge in [0.15, 0.2) is 11.6 Å². The van der Waals surface area contributed by atoms with Crippen molar-refractivity contribution < 1.29 is 23.1 Å². The largest absolute Gasteiger partial charge is 0.478 e. The predicted molar refractivity (Wildman–Crippen MR) is 67.0 cm³/mol. The number of hydrogen-bond acceptors (Lipinski definition) is 2. The van der Waals surface area contributed by atoms with E-state index in [0.717, 1.165) is 0 Å². The monoisotopic (exact) mass is 281 g/mol. The fraction of sp³-hybridized carbons (Fsp3) is 0.0714. The molecule has 0 radical (unpaired) electrons. The van der Waals surface area contributed by atoms with Crippen molar-refractivity contribution in [3.63, 3.8) is 0 Å². The van der Waals surface area contributed by atoms with Gasteiger partial charge >= 0.3 is 5.97 Å². The number of rotatable bonds is 4. The number of carboxylic acids is 1. The van der Waals surface area contributed by atoms with Crippen molar-refractivity contribution in [1.29, 1.82) is 0 Å². The molecule has 0 saturated heterocycles. The Bertz CT molecular complexity index is 636. The number of halogens is 3. The topological polar surface area (TPSA) is 49.3 Å². The smallest absolute Gasteiger partial charge is 0.336 e. The minimum absolute atomic E-state index is 0.0305. The molecule has 0 fully saturated rings. The third-order valence-corrected chi connectivity index (χ3v) is 2.71. The summed E-state index contributed by atoms with van der Waals surface area (Å²) in [4.78, 5) is 11.0. The first kappa shape index (κ1) is 13.9. The molecule has 20 heavy (non-hydrogen) atoms. The van der Waals surface area contributed by atoms with E-state index in [-0.39, 0.29) is 12.1 Å². The second-order valence-electron chi connectivity index (χ2n) is 4.06. The molecule has 104 valence electrons. The quantitative estimate of drug-likeness (QED) is 0.902. The van der Waals surface area contributed by atoms with Crippen LogP contribution >= 0.6 is 0 Å². The summed E-state index contributed by atoms with van der Waals surface area (Å²) >= 11 is 0. The maximum atomic E-state index is 13.4. The van der Waals surface area contributed by atoms with Gasteiger partial charge in [-0.3, -0.25) is 0 Å². The van der Waals surface area contributed by atoms with Crippen LogP contribution < -0.4 is 5.32 Å². The number of nitrogens with one attached hydrogen (secondary N) is 1. The lowest BCUT2D eigenvalue weighted by molar-refractivity contribution is 0.0696. The number of benzene rings is 2. The van der Waals surface area contributed by atoms with Gasteiger partial charge in [-0.25, -0.2) is 18.0 Å². The Labute approximate surface area is 112 Å². The van der Waals surface area contributed by atoms with Gasteiger partial charge in [0.05, 0.1) is 5.56 Å². The Morgan fingerprint density at radius 1 is 1.10 bits per heavy atom. The van der Waals surface area contributed by atoms with Crippen molar-refractivity contribution >= 4 is 11.7 Å². The maximum absolute atomic E-state index is 13.4. The van der Waals surface area contributed by atoms with Gasteiger partial charge in [0, 0.05) is 18.7 Å². The zero-order valence-electron chi connectivity index (χ0n) is 10.2. The summed E-state index contributed by atoms with van der Waals surface area (Å²) in [5.74, 6) is -4.30. The van der Waals surface area contributed by atoms with Gasteiger partial charge in [0.25, 0.3) is 0 Å². The molecule has 0 atom stereocenters. The number of hydrogen-bond donors (Lipinski definition) is 2. The first-order valence-corrected chi connectivity index (χ1v) is 5.68. The van der Waals surface area contributed by atoms with Gasteiger partial charge in [-0.1, -0.05) is 18.2 Å². The van der Waals surface area contributed by atoms with Crippen LogP contribution in [0.15, 0.2) is 36.4 Å². The summed E-state index contributed by atoms with van der Waals surface area (Å²) in [5.41, 5.74) is -0.0994. The second-order valence-corrected chi connectivity index (χ2v) is 4.06. The van der Waals surface area contributed by atoms with Crippen LogP contribution in [0.25, 0.3) is 0 Å². The van der Waals surface area contributed by atoms with Crippen LogP contribution in [0.5, 0.6) is 0 Å². The van der Waals surface area contributed by atoms with E-state index >= 15 is 0 Å². The minimum Gasteiger partial charge on any atom is -0.478 e.